The Morgan fingerprint density at radius 3 is 2.81 bits per heavy atom. The average Bonchev–Trinajstić information content (AvgIpc) is 2.85. The number of ether oxygens (including phenoxy) is 1. The number of H-pyrrole nitrogens is 1. The van der Waals surface area contributed by atoms with Gasteiger partial charge in [-0.1, -0.05) is 0 Å². The van der Waals surface area contributed by atoms with E-state index < -0.39 is 23.2 Å². The lowest BCUT2D eigenvalue weighted by Gasteiger charge is -2.15. The van der Waals surface area contributed by atoms with Crippen LogP contribution in [-0.2, 0) is 18.4 Å². The predicted octanol–water partition coefficient (Wildman–Crippen LogP) is -0.192. The predicted molar refractivity (Wildman–Crippen MR) is 71.2 cm³/mol. The van der Waals surface area contributed by atoms with Crippen molar-refractivity contribution in [1.82, 2.24) is 14.5 Å². The average molecular weight is 291 g/mol. The zero-order chi connectivity index (χ0) is 15.3. The molecule has 0 aliphatic carbocycles. The van der Waals surface area contributed by atoms with E-state index in [-0.39, 0.29) is 17.9 Å². The lowest BCUT2D eigenvalue weighted by atomic mass is 10.0. The number of aromatic amines is 1. The smallest absolute Gasteiger partial charge is 0.330 e. The van der Waals surface area contributed by atoms with Crippen LogP contribution in [0.15, 0.2) is 15.8 Å². The van der Waals surface area contributed by atoms with E-state index in [9.17, 15) is 19.8 Å². The molecule has 0 saturated carbocycles. The summed E-state index contributed by atoms with van der Waals surface area (Å²) in [5.74, 6) is -0.571. The molecule has 0 saturated heterocycles. The number of pyridine rings is 1. The van der Waals surface area contributed by atoms with E-state index in [0.29, 0.717) is 16.8 Å². The summed E-state index contributed by atoms with van der Waals surface area (Å²) in [7, 11) is 1.32. The van der Waals surface area contributed by atoms with Crippen LogP contribution in [0.2, 0.25) is 0 Å². The summed E-state index contributed by atoms with van der Waals surface area (Å²) in [4.78, 5) is 29.6. The largest absolute Gasteiger partial charge is 0.506 e. The second kappa shape index (κ2) is 4.45. The van der Waals surface area contributed by atoms with Gasteiger partial charge >= 0.3 is 5.69 Å². The lowest BCUT2D eigenvalue weighted by molar-refractivity contribution is 0.0889. The van der Waals surface area contributed by atoms with E-state index in [1.807, 2.05) is 0 Å². The van der Waals surface area contributed by atoms with Crippen LogP contribution < -0.4 is 11.2 Å². The van der Waals surface area contributed by atoms with Crippen molar-refractivity contribution in [3.05, 3.63) is 49.4 Å². The summed E-state index contributed by atoms with van der Waals surface area (Å²) in [6.07, 6.45) is 0.606. The Balaban J connectivity index is 2.28. The van der Waals surface area contributed by atoms with Crippen LogP contribution in [0.25, 0.3) is 0 Å². The molecule has 1 unspecified atom stereocenters. The van der Waals surface area contributed by atoms with Gasteiger partial charge in [-0.2, -0.15) is 0 Å². The van der Waals surface area contributed by atoms with Gasteiger partial charge in [0.25, 0.3) is 5.56 Å². The number of hydrogen-bond acceptors (Lipinski definition) is 6. The summed E-state index contributed by atoms with van der Waals surface area (Å²) in [6.45, 7) is 1.78. The first-order chi connectivity index (χ1) is 9.91. The van der Waals surface area contributed by atoms with Gasteiger partial charge in [0.1, 0.15) is 17.4 Å². The molecular weight excluding hydrogens is 278 g/mol. The quantitative estimate of drug-likeness (QED) is 0.670. The third kappa shape index (κ3) is 1.83. The highest BCUT2D eigenvalue weighted by Gasteiger charge is 2.34. The zero-order valence-electron chi connectivity index (χ0n) is 11.4. The first-order valence-electron chi connectivity index (χ1n) is 6.23. The van der Waals surface area contributed by atoms with Gasteiger partial charge in [-0.3, -0.25) is 19.3 Å². The second-order valence-corrected chi connectivity index (χ2v) is 4.88. The summed E-state index contributed by atoms with van der Waals surface area (Å²) in [6, 6.07) is 0. The molecule has 3 rings (SSSR count). The number of aromatic nitrogens is 3. The Kier molecular flexibility index (Phi) is 2.84. The number of fused-ring (bicyclic) bond motifs is 1. The van der Waals surface area contributed by atoms with Crippen molar-refractivity contribution in [3.8, 4) is 11.6 Å². The van der Waals surface area contributed by atoms with Gasteiger partial charge in [0, 0.05) is 24.4 Å². The minimum atomic E-state index is -0.947. The Morgan fingerprint density at radius 2 is 2.10 bits per heavy atom. The minimum Gasteiger partial charge on any atom is -0.506 e. The van der Waals surface area contributed by atoms with Crippen molar-refractivity contribution in [3.63, 3.8) is 0 Å². The maximum atomic E-state index is 12.0. The first kappa shape index (κ1) is 13.4. The van der Waals surface area contributed by atoms with Gasteiger partial charge < -0.3 is 14.9 Å². The molecule has 0 spiro atoms. The van der Waals surface area contributed by atoms with Crippen LogP contribution in [0.3, 0.4) is 0 Å². The molecule has 0 aromatic carbocycles. The van der Waals surface area contributed by atoms with Gasteiger partial charge in [-0.25, -0.2) is 4.79 Å². The Hall–Kier alpha value is -2.61. The van der Waals surface area contributed by atoms with Gasteiger partial charge in [-0.15, -0.1) is 0 Å². The zero-order valence-corrected chi connectivity index (χ0v) is 11.4. The molecule has 8 nitrogen and oxygen atoms in total. The molecule has 2 aromatic heterocycles. The van der Waals surface area contributed by atoms with Crippen molar-refractivity contribution in [2.45, 2.75) is 19.6 Å². The molecule has 3 heterocycles. The number of aromatic hydroxyl groups is 2. The molecule has 2 aromatic rings. The topological polar surface area (TPSA) is 117 Å². The van der Waals surface area contributed by atoms with Crippen molar-refractivity contribution in [2.24, 2.45) is 7.05 Å². The van der Waals surface area contributed by atoms with Gasteiger partial charge in [-0.05, 0) is 6.92 Å². The second-order valence-electron chi connectivity index (χ2n) is 4.88. The highest BCUT2D eigenvalue weighted by atomic mass is 16.5. The number of hydrogen-bond donors (Lipinski definition) is 3. The number of rotatable bonds is 1. The molecule has 21 heavy (non-hydrogen) atoms. The normalized spacial score (nSPS) is 17.0. The number of nitrogens with one attached hydrogen (secondary N) is 1. The molecule has 0 fully saturated rings. The maximum absolute atomic E-state index is 12.0. The van der Waals surface area contributed by atoms with Gasteiger partial charge in [0.2, 0.25) is 5.88 Å². The van der Waals surface area contributed by atoms with Crippen LogP contribution >= 0.6 is 0 Å². The Bertz CT molecular complexity index is 852. The van der Waals surface area contributed by atoms with Crippen molar-refractivity contribution >= 4 is 0 Å². The van der Waals surface area contributed by atoms with Crippen molar-refractivity contribution < 1.29 is 14.9 Å². The molecule has 3 N–H and O–H groups in total. The van der Waals surface area contributed by atoms with Crippen LogP contribution in [0, 0.1) is 6.92 Å². The van der Waals surface area contributed by atoms with Crippen LogP contribution in [0.4, 0.5) is 0 Å². The maximum Gasteiger partial charge on any atom is 0.330 e. The molecule has 8 heteroatoms. The highest BCUT2D eigenvalue weighted by Crippen LogP contribution is 2.42. The standard InChI is InChI=1S/C13H13N3O5/c1-5-9(17)7-6(3-14-5)4-21-10(7)8-11(18)15-13(20)16(2)12(8)19/h3,10,17,19H,4H2,1-2H3,(H,15,18,20). The Morgan fingerprint density at radius 1 is 1.38 bits per heavy atom. The highest BCUT2D eigenvalue weighted by molar-refractivity contribution is 5.49. The fourth-order valence-electron chi connectivity index (χ4n) is 2.41. The van der Waals surface area contributed by atoms with E-state index in [4.69, 9.17) is 4.74 Å². The molecule has 0 bridgehead atoms. The molecule has 1 aliphatic rings. The summed E-state index contributed by atoms with van der Waals surface area (Å²) < 4.78 is 6.41. The SMILES string of the molecule is Cc1ncc2c(c1O)C(c1c(O)n(C)c(=O)[nH]c1=O)OC2. The van der Waals surface area contributed by atoms with Gasteiger partial charge in [0.05, 0.1) is 12.3 Å². The van der Waals surface area contributed by atoms with E-state index in [2.05, 4.69) is 9.97 Å². The third-order valence-electron chi connectivity index (χ3n) is 3.62. The van der Waals surface area contributed by atoms with Crippen LogP contribution in [0.1, 0.15) is 28.5 Å². The number of nitrogens with zero attached hydrogens (tertiary/aromatic N) is 2. The monoisotopic (exact) mass is 291 g/mol. The third-order valence-corrected chi connectivity index (χ3v) is 3.62. The molecule has 1 aliphatic heterocycles. The summed E-state index contributed by atoms with van der Waals surface area (Å²) in [5.41, 5.74) is -0.170. The van der Waals surface area contributed by atoms with Crippen molar-refractivity contribution in [1.29, 1.82) is 0 Å². The van der Waals surface area contributed by atoms with Gasteiger partial charge in [0.15, 0.2) is 0 Å². The molecule has 0 amide bonds. The molecular formula is C13H13N3O5. The van der Waals surface area contributed by atoms with E-state index in [0.717, 1.165) is 4.57 Å². The molecule has 0 radical (unpaired) electrons. The van der Waals surface area contributed by atoms with E-state index in [1.54, 1.807) is 13.1 Å². The van der Waals surface area contributed by atoms with Crippen molar-refractivity contribution in [2.75, 3.05) is 0 Å². The minimum absolute atomic E-state index is 0.0809. The van der Waals surface area contributed by atoms with E-state index >= 15 is 0 Å². The Labute approximate surface area is 118 Å². The molecule has 110 valence electrons. The van der Waals surface area contributed by atoms with E-state index in [1.165, 1.54) is 7.05 Å². The number of aryl methyl sites for hydroxylation is 1. The van der Waals surface area contributed by atoms with Crippen LogP contribution in [0.5, 0.6) is 11.6 Å². The fourth-order valence-corrected chi connectivity index (χ4v) is 2.41. The summed E-state index contributed by atoms with van der Waals surface area (Å²) in [5, 5.41) is 20.2. The summed E-state index contributed by atoms with van der Waals surface area (Å²) >= 11 is 0. The lowest BCUT2D eigenvalue weighted by Crippen LogP contribution is -2.32. The molecule has 1 atom stereocenters. The fraction of sp³-hybridized carbons (Fsp3) is 0.308. The van der Waals surface area contributed by atoms with Crippen LogP contribution in [-0.4, -0.2) is 24.7 Å². The first-order valence-corrected chi connectivity index (χ1v) is 6.23.